The summed E-state index contributed by atoms with van der Waals surface area (Å²) in [5, 5.41) is 0. The summed E-state index contributed by atoms with van der Waals surface area (Å²) < 4.78 is 9.90. The van der Waals surface area contributed by atoms with Crippen molar-refractivity contribution in [3.63, 3.8) is 0 Å². The lowest BCUT2D eigenvalue weighted by molar-refractivity contribution is -0.122. The zero-order valence-corrected chi connectivity index (χ0v) is 6.36. The molecule has 0 spiro atoms. The van der Waals surface area contributed by atoms with Gasteiger partial charge in [-0.1, -0.05) is 0 Å². The number of hydrogen-bond donors (Lipinski definition) is 0. The van der Waals surface area contributed by atoms with Crippen LogP contribution in [0.2, 0.25) is 0 Å². The van der Waals surface area contributed by atoms with E-state index < -0.39 is 0 Å². The largest absolute Gasteiger partial charge is 0.355 e. The maximum atomic E-state index is 5.56. The zero-order chi connectivity index (χ0) is 6.69. The molecule has 0 atom stereocenters. The Bertz CT molecular complexity index is 81.0. The number of ether oxygens (including phenoxy) is 2. The van der Waals surface area contributed by atoms with Gasteiger partial charge in [0.2, 0.25) is 0 Å². The monoisotopic (exact) mass is 170 g/mol. The maximum absolute atomic E-state index is 5.56. The Labute approximate surface area is 64.0 Å². The van der Waals surface area contributed by atoms with Crippen molar-refractivity contribution in [2.24, 2.45) is 5.92 Å². The second-order valence-electron chi connectivity index (χ2n) is 1.95. The molecule has 0 aliphatic carbocycles. The molecule has 0 bridgehead atoms. The van der Waals surface area contributed by atoms with Crippen molar-refractivity contribution in [3.05, 3.63) is 0 Å². The van der Waals surface area contributed by atoms with Crippen molar-refractivity contribution in [3.8, 4) is 0 Å². The van der Waals surface area contributed by atoms with Crippen LogP contribution < -0.4 is 0 Å². The van der Waals surface area contributed by atoms with Crippen LogP contribution in [0.3, 0.4) is 0 Å². The standard InChI is InChI=1S/C5H8Cl2O2/c6-5(7)4-1-8-3-9-2-4/h4-5H,1-3H2. The van der Waals surface area contributed by atoms with Crippen molar-refractivity contribution in [1.29, 1.82) is 0 Å². The highest BCUT2D eigenvalue weighted by Crippen LogP contribution is 2.18. The molecule has 4 heteroatoms. The molecule has 54 valence electrons. The zero-order valence-electron chi connectivity index (χ0n) is 4.85. The minimum atomic E-state index is -0.370. The summed E-state index contributed by atoms with van der Waals surface area (Å²) in [6, 6.07) is 0. The predicted octanol–water partition coefficient (Wildman–Crippen LogP) is 1.41. The van der Waals surface area contributed by atoms with E-state index in [1.165, 1.54) is 0 Å². The van der Waals surface area contributed by atoms with Gasteiger partial charge in [-0.15, -0.1) is 23.2 Å². The highest BCUT2D eigenvalue weighted by Gasteiger charge is 2.20. The Hall–Kier alpha value is 0.500. The third-order valence-electron chi connectivity index (χ3n) is 1.19. The van der Waals surface area contributed by atoms with Crippen LogP contribution >= 0.6 is 23.2 Å². The van der Waals surface area contributed by atoms with Crippen LogP contribution in [0.5, 0.6) is 0 Å². The topological polar surface area (TPSA) is 18.5 Å². The minimum Gasteiger partial charge on any atom is -0.355 e. The second kappa shape index (κ2) is 3.62. The highest BCUT2D eigenvalue weighted by atomic mass is 35.5. The highest BCUT2D eigenvalue weighted by molar-refractivity contribution is 6.44. The van der Waals surface area contributed by atoms with Gasteiger partial charge in [0.05, 0.1) is 13.2 Å². The van der Waals surface area contributed by atoms with Crippen LogP contribution in [0.4, 0.5) is 0 Å². The van der Waals surface area contributed by atoms with E-state index >= 15 is 0 Å². The van der Waals surface area contributed by atoms with Crippen LogP contribution in [0, 0.1) is 5.92 Å². The Kier molecular flexibility index (Phi) is 3.06. The number of halogens is 2. The molecule has 0 aromatic heterocycles. The minimum absolute atomic E-state index is 0.141. The lowest BCUT2D eigenvalue weighted by Gasteiger charge is -2.22. The van der Waals surface area contributed by atoms with Crippen molar-refractivity contribution < 1.29 is 9.47 Å². The molecule has 0 amide bonds. The first-order chi connectivity index (χ1) is 4.30. The first kappa shape index (κ1) is 7.61. The van der Waals surface area contributed by atoms with Gasteiger partial charge < -0.3 is 9.47 Å². The number of alkyl halides is 2. The Morgan fingerprint density at radius 1 is 1.22 bits per heavy atom. The average molecular weight is 171 g/mol. The lowest BCUT2D eigenvalue weighted by atomic mass is 10.2. The molecule has 2 nitrogen and oxygen atoms in total. The fourth-order valence-corrected chi connectivity index (χ4v) is 0.942. The normalized spacial score (nSPS) is 23.0. The van der Waals surface area contributed by atoms with Crippen molar-refractivity contribution >= 4 is 23.2 Å². The van der Waals surface area contributed by atoms with Gasteiger partial charge in [-0.3, -0.25) is 0 Å². The van der Waals surface area contributed by atoms with Crippen molar-refractivity contribution in [2.45, 2.75) is 4.84 Å². The van der Waals surface area contributed by atoms with Gasteiger partial charge >= 0.3 is 0 Å². The lowest BCUT2D eigenvalue weighted by Crippen LogP contribution is -2.28. The van der Waals surface area contributed by atoms with Gasteiger partial charge in [0.15, 0.2) is 0 Å². The van der Waals surface area contributed by atoms with Crippen LogP contribution in [0.25, 0.3) is 0 Å². The summed E-state index contributed by atoms with van der Waals surface area (Å²) in [4.78, 5) is -0.370. The van der Waals surface area contributed by atoms with Crippen LogP contribution in [0.1, 0.15) is 0 Å². The first-order valence-corrected chi connectivity index (χ1v) is 3.61. The van der Waals surface area contributed by atoms with E-state index in [4.69, 9.17) is 32.7 Å². The van der Waals surface area contributed by atoms with E-state index in [0.29, 0.717) is 20.0 Å². The molecule has 1 fully saturated rings. The van der Waals surface area contributed by atoms with Crippen LogP contribution in [-0.4, -0.2) is 24.8 Å². The molecule has 0 aromatic carbocycles. The van der Waals surface area contributed by atoms with Crippen LogP contribution in [-0.2, 0) is 9.47 Å². The van der Waals surface area contributed by atoms with E-state index in [1.54, 1.807) is 0 Å². The third kappa shape index (κ3) is 2.30. The summed E-state index contributed by atoms with van der Waals surface area (Å²) in [5.74, 6) is 0.141. The molecule has 9 heavy (non-hydrogen) atoms. The van der Waals surface area contributed by atoms with Crippen LogP contribution in [0.15, 0.2) is 0 Å². The van der Waals surface area contributed by atoms with Gasteiger partial charge in [-0.2, -0.15) is 0 Å². The van der Waals surface area contributed by atoms with E-state index in [2.05, 4.69) is 0 Å². The fourth-order valence-electron chi connectivity index (χ4n) is 0.651. The summed E-state index contributed by atoms with van der Waals surface area (Å²) in [6.45, 7) is 1.59. The molecule has 1 saturated heterocycles. The van der Waals surface area contributed by atoms with Gasteiger partial charge in [0.25, 0.3) is 0 Å². The fraction of sp³-hybridized carbons (Fsp3) is 1.00. The summed E-state index contributed by atoms with van der Waals surface area (Å²) in [7, 11) is 0. The predicted molar refractivity (Wildman–Crippen MR) is 35.8 cm³/mol. The summed E-state index contributed by atoms with van der Waals surface area (Å²) in [6.07, 6.45) is 0. The maximum Gasteiger partial charge on any atom is 0.146 e. The van der Waals surface area contributed by atoms with Gasteiger partial charge in [0.1, 0.15) is 11.6 Å². The number of rotatable bonds is 1. The molecule has 0 N–H and O–H groups in total. The molecule has 1 rings (SSSR count). The van der Waals surface area contributed by atoms with Crippen molar-refractivity contribution in [2.75, 3.05) is 20.0 Å². The van der Waals surface area contributed by atoms with Gasteiger partial charge in [-0.05, 0) is 0 Å². The Morgan fingerprint density at radius 3 is 2.11 bits per heavy atom. The van der Waals surface area contributed by atoms with E-state index in [1.807, 2.05) is 0 Å². The molecule has 0 saturated carbocycles. The van der Waals surface area contributed by atoms with E-state index in [-0.39, 0.29) is 10.8 Å². The average Bonchev–Trinajstić information content (AvgIpc) is 1.90. The Balaban J connectivity index is 2.23. The SMILES string of the molecule is ClC(Cl)C1COCOC1. The molecule has 1 heterocycles. The summed E-state index contributed by atoms with van der Waals surface area (Å²) >= 11 is 11.1. The molecule has 0 unspecified atom stereocenters. The molecule has 0 aromatic rings. The van der Waals surface area contributed by atoms with E-state index in [9.17, 15) is 0 Å². The number of hydrogen-bond acceptors (Lipinski definition) is 2. The van der Waals surface area contributed by atoms with E-state index in [0.717, 1.165) is 0 Å². The molecule has 1 aliphatic rings. The molecule has 0 radical (unpaired) electrons. The van der Waals surface area contributed by atoms with Gasteiger partial charge in [-0.25, -0.2) is 0 Å². The third-order valence-corrected chi connectivity index (χ3v) is 1.90. The van der Waals surface area contributed by atoms with Crippen molar-refractivity contribution in [1.82, 2.24) is 0 Å². The second-order valence-corrected chi connectivity index (χ2v) is 3.12. The first-order valence-electron chi connectivity index (χ1n) is 2.74. The van der Waals surface area contributed by atoms with Gasteiger partial charge in [0, 0.05) is 5.92 Å². The molecular formula is C5H8Cl2O2. The molecule has 1 aliphatic heterocycles. The smallest absolute Gasteiger partial charge is 0.146 e. The quantitative estimate of drug-likeness (QED) is 0.555. The Morgan fingerprint density at radius 2 is 1.78 bits per heavy atom. The summed E-state index contributed by atoms with van der Waals surface area (Å²) in [5.41, 5.74) is 0. The molecular weight excluding hydrogens is 163 g/mol.